The summed E-state index contributed by atoms with van der Waals surface area (Å²) < 4.78 is 0. The van der Waals surface area contributed by atoms with E-state index in [4.69, 9.17) is 23.2 Å². The summed E-state index contributed by atoms with van der Waals surface area (Å²) in [7, 11) is 2.17. The molecule has 31 heavy (non-hydrogen) atoms. The summed E-state index contributed by atoms with van der Waals surface area (Å²) in [6, 6.07) is 13.6. The van der Waals surface area contributed by atoms with Crippen molar-refractivity contribution in [2.75, 3.05) is 38.5 Å². The molecule has 0 spiro atoms. The van der Waals surface area contributed by atoms with Gasteiger partial charge in [0.1, 0.15) is 5.01 Å². The highest BCUT2D eigenvalue weighted by Gasteiger charge is 2.15. The van der Waals surface area contributed by atoms with Crippen molar-refractivity contribution in [1.82, 2.24) is 14.8 Å². The molecule has 5 nitrogen and oxygen atoms in total. The van der Waals surface area contributed by atoms with Crippen LogP contribution in [0.15, 0.2) is 47.8 Å². The van der Waals surface area contributed by atoms with Gasteiger partial charge in [0, 0.05) is 49.4 Å². The van der Waals surface area contributed by atoms with E-state index in [-0.39, 0.29) is 12.3 Å². The lowest BCUT2D eigenvalue weighted by atomic mass is 10.1. The van der Waals surface area contributed by atoms with E-state index >= 15 is 0 Å². The van der Waals surface area contributed by atoms with E-state index in [1.54, 1.807) is 29.5 Å². The van der Waals surface area contributed by atoms with Crippen LogP contribution in [0.1, 0.15) is 11.3 Å². The van der Waals surface area contributed by atoms with Crippen molar-refractivity contribution in [2.24, 2.45) is 0 Å². The third kappa shape index (κ3) is 6.05. The number of likely N-dealkylation sites (N-methyl/N-ethyl adjacent to an activating group) is 1. The smallest absolute Gasteiger partial charge is 0.230 e. The molecular formula is C23H24Cl2N4OS. The largest absolute Gasteiger partial charge is 0.326 e. The molecule has 1 saturated heterocycles. The highest BCUT2D eigenvalue weighted by atomic mass is 35.5. The number of rotatable bonds is 6. The van der Waals surface area contributed by atoms with Gasteiger partial charge in [0.25, 0.3) is 0 Å². The van der Waals surface area contributed by atoms with Crippen molar-refractivity contribution in [3.63, 3.8) is 0 Å². The SMILES string of the molecule is CN1CCN(Cc2cccc(-c3nc(CC(=O)Nc4ccc(Cl)c(Cl)c4)cs3)c2)CC1. The van der Waals surface area contributed by atoms with Gasteiger partial charge in [-0.1, -0.05) is 41.4 Å². The molecule has 0 aliphatic carbocycles. The highest BCUT2D eigenvalue weighted by Crippen LogP contribution is 2.27. The van der Waals surface area contributed by atoms with Gasteiger partial charge in [-0.05, 0) is 36.9 Å². The minimum Gasteiger partial charge on any atom is -0.326 e. The summed E-state index contributed by atoms with van der Waals surface area (Å²) >= 11 is 13.5. The number of benzene rings is 2. The van der Waals surface area contributed by atoms with Crippen LogP contribution in [0, 0.1) is 0 Å². The summed E-state index contributed by atoms with van der Waals surface area (Å²) in [4.78, 5) is 21.9. The lowest BCUT2D eigenvalue weighted by Crippen LogP contribution is -2.43. The quantitative estimate of drug-likeness (QED) is 0.543. The van der Waals surface area contributed by atoms with Crippen LogP contribution in [0.4, 0.5) is 5.69 Å². The number of carbonyl (C=O) groups excluding carboxylic acids is 1. The van der Waals surface area contributed by atoms with Gasteiger partial charge in [0.15, 0.2) is 0 Å². The Balaban J connectivity index is 1.38. The first-order valence-corrected chi connectivity index (χ1v) is 11.8. The molecule has 0 bridgehead atoms. The number of aromatic nitrogens is 1. The Morgan fingerprint density at radius 3 is 2.68 bits per heavy atom. The number of thiazole rings is 1. The number of halogens is 2. The normalized spacial score (nSPS) is 15.2. The molecule has 0 radical (unpaired) electrons. The first kappa shape index (κ1) is 22.2. The number of nitrogens with zero attached hydrogens (tertiary/aromatic N) is 3. The van der Waals surface area contributed by atoms with Crippen LogP contribution in [0.3, 0.4) is 0 Å². The van der Waals surface area contributed by atoms with Crippen molar-refractivity contribution < 1.29 is 4.79 Å². The van der Waals surface area contributed by atoms with Crippen molar-refractivity contribution in [1.29, 1.82) is 0 Å². The maximum absolute atomic E-state index is 12.4. The lowest BCUT2D eigenvalue weighted by molar-refractivity contribution is -0.115. The summed E-state index contributed by atoms with van der Waals surface area (Å²) in [6.45, 7) is 5.36. The molecule has 2 heterocycles. The van der Waals surface area contributed by atoms with E-state index in [1.807, 2.05) is 5.38 Å². The monoisotopic (exact) mass is 474 g/mol. The summed E-state index contributed by atoms with van der Waals surface area (Å²) in [5.41, 5.74) is 3.75. The Hall–Kier alpha value is -1.96. The van der Waals surface area contributed by atoms with Crippen molar-refractivity contribution in [3.8, 4) is 10.6 Å². The summed E-state index contributed by atoms with van der Waals surface area (Å²) in [6.07, 6.45) is 0.206. The van der Waals surface area contributed by atoms with E-state index in [2.05, 4.69) is 51.4 Å². The molecule has 0 atom stereocenters. The van der Waals surface area contributed by atoms with Crippen molar-refractivity contribution in [2.45, 2.75) is 13.0 Å². The Bertz CT molecular complexity index is 1060. The number of carbonyl (C=O) groups is 1. The predicted octanol–water partition coefficient (Wildman–Crippen LogP) is 5.05. The van der Waals surface area contributed by atoms with Crippen molar-refractivity contribution in [3.05, 3.63) is 69.1 Å². The van der Waals surface area contributed by atoms with Gasteiger partial charge in [-0.2, -0.15) is 0 Å². The van der Waals surface area contributed by atoms with Crippen LogP contribution in [0.5, 0.6) is 0 Å². The van der Waals surface area contributed by atoms with E-state index in [9.17, 15) is 4.79 Å². The second-order valence-corrected chi connectivity index (χ2v) is 9.45. The summed E-state index contributed by atoms with van der Waals surface area (Å²) in [5.74, 6) is -0.140. The number of nitrogens with one attached hydrogen (secondary N) is 1. The molecule has 162 valence electrons. The maximum Gasteiger partial charge on any atom is 0.230 e. The number of amides is 1. The standard InChI is InChI=1S/C23H24Cl2N4OS/c1-28-7-9-29(10-8-28)14-16-3-2-4-17(11-16)23-27-19(15-31-23)13-22(30)26-18-5-6-20(24)21(25)12-18/h2-6,11-12,15H,7-10,13-14H2,1H3,(H,26,30). The number of anilines is 1. The van der Waals surface area contributed by atoms with Gasteiger partial charge in [-0.15, -0.1) is 11.3 Å². The topological polar surface area (TPSA) is 48.5 Å². The Morgan fingerprint density at radius 2 is 1.90 bits per heavy atom. The Labute approximate surface area is 196 Å². The second-order valence-electron chi connectivity index (χ2n) is 7.78. The Morgan fingerprint density at radius 1 is 1.10 bits per heavy atom. The fourth-order valence-electron chi connectivity index (χ4n) is 3.53. The van der Waals surface area contributed by atoms with Gasteiger partial charge < -0.3 is 10.2 Å². The van der Waals surface area contributed by atoms with Crippen molar-refractivity contribution >= 4 is 46.1 Å². The fourth-order valence-corrected chi connectivity index (χ4v) is 4.65. The van der Waals surface area contributed by atoms with Gasteiger partial charge in [-0.25, -0.2) is 4.98 Å². The minimum absolute atomic E-state index is 0.140. The number of hydrogen-bond acceptors (Lipinski definition) is 5. The van der Waals surface area contributed by atoms with Crippen LogP contribution < -0.4 is 5.32 Å². The van der Waals surface area contributed by atoms with Crippen LogP contribution in [0.25, 0.3) is 10.6 Å². The third-order valence-corrected chi connectivity index (χ3v) is 6.95. The molecule has 1 amide bonds. The zero-order valence-corrected chi connectivity index (χ0v) is 19.6. The molecule has 8 heteroatoms. The molecular weight excluding hydrogens is 451 g/mol. The van der Waals surface area contributed by atoms with Gasteiger partial charge in [0.05, 0.1) is 22.2 Å². The van der Waals surface area contributed by atoms with Gasteiger partial charge in [-0.3, -0.25) is 9.69 Å². The molecule has 1 aliphatic heterocycles. The summed E-state index contributed by atoms with van der Waals surface area (Å²) in [5, 5.41) is 6.57. The van der Waals surface area contributed by atoms with Crippen LogP contribution in [0.2, 0.25) is 10.0 Å². The third-order valence-electron chi connectivity index (χ3n) is 5.27. The molecule has 1 aromatic heterocycles. The average Bonchev–Trinajstić information content (AvgIpc) is 3.21. The first-order valence-electron chi connectivity index (χ1n) is 10.2. The molecule has 0 saturated carbocycles. The lowest BCUT2D eigenvalue weighted by Gasteiger charge is -2.32. The molecule has 0 unspecified atom stereocenters. The fraction of sp³-hybridized carbons (Fsp3) is 0.304. The van der Waals surface area contributed by atoms with Crippen LogP contribution in [-0.4, -0.2) is 53.9 Å². The van der Waals surface area contributed by atoms with E-state index in [0.29, 0.717) is 15.7 Å². The average molecular weight is 475 g/mol. The van der Waals surface area contributed by atoms with E-state index in [1.165, 1.54) is 5.56 Å². The molecule has 1 N–H and O–H groups in total. The van der Waals surface area contributed by atoms with Gasteiger partial charge >= 0.3 is 0 Å². The minimum atomic E-state index is -0.140. The van der Waals surface area contributed by atoms with Crippen LogP contribution >= 0.6 is 34.5 Å². The van der Waals surface area contributed by atoms with Crippen LogP contribution in [-0.2, 0) is 17.8 Å². The molecule has 2 aromatic carbocycles. The first-order chi connectivity index (χ1) is 15.0. The molecule has 3 aromatic rings. The molecule has 1 aliphatic rings. The Kier molecular flexibility index (Phi) is 7.25. The molecule has 4 rings (SSSR count). The van der Waals surface area contributed by atoms with Gasteiger partial charge in [0.2, 0.25) is 5.91 Å². The zero-order chi connectivity index (χ0) is 21.8. The van der Waals surface area contributed by atoms with E-state index in [0.717, 1.165) is 49.0 Å². The maximum atomic E-state index is 12.4. The second kappa shape index (κ2) is 10.1. The predicted molar refractivity (Wildman–Crippen MR) is 129 cm³/mol. The van der Waals surface area contributed by atoms with E-state index < -0.39 is 0 Å². The highest BCUT2D eigenvalue weighted by molar-refractivity contribution is 7.13. The molecule has 1 fully saturated rings. The number of hydrogen-bond donors (Lipinski definition) is 1. The zero-order valence-electron chi connectivity index (χ0n) is 17.3. The number of piperazine rings is 1.